The van der Waals surface area contributed by atoms with E-state index in [2.05, 4.69) is 31.0 Å². The lowest BCUT2D eigenvalue weighted by molar-refractivity contribution is -0.126. The standard InChI is InChI=1S/C19H28FN3O2/c1-5-22(13(2)3)9-8-21-19(25)15-11-18(24)23(12-15)17-7-6-14(4)10-16(17)20/h6-7,10,13,15H,5,8-9,11-12H2,1-4H3,(H,21,25). The Labute approximate surface area is 149 Å². The lowest BCUT2D eigenvalue weighted by Crippen LogP contribution is -2.40. The third-order valence-corrected chi connectivity index (χ3v) is 4.72. The first-order chi connectivity index (χ1) is 11.8. The predicted molar refractivity (Wildman–Crippen MR) is 97.0 cm³/mol. The predicted octanol–water partition coefficient (Wildman–Crippen LogP) is 2.33. The number of nitrogens with zero attached hydrogens (tertiary/aromatic N) is 2. The van der Waals surface area contributed by atoms with Crippen LogP contribution in [0, 0.1) is 18.7 Å². The van der Waals surface area contributed by atoms with Gasteiger partial charge in [-0.1, -0.05) is 13.0 Å². The molecule has 25 heavy (non-hydrogen) atoms. The molecule has 1 aromatic carbocycles. The molecule has 2 amide bonds. The highest BCUT2D eigenvalue weighted by molar-refractivity contribution is 6.00. The maximum Gasteiger partial charge on any atom is 0.227 e. The van der Waals surface area contributed by atoms with Crippen molar-refractivity contribution in [3.05, 3.63) is 29.6 Å². The Morgan fingerprint density at radius 1 is 1.44 bits per heavy atom. The zero-order valence-electron chi connectivity index (χ0n) is 15.5. The number of rotatable bonds is 7. The van der Waals surface area contributed by atoms with Gasteiger partial charge < -0.3 is 10.2 Å². The summed E-state index contributed by atoms with van der Waals surface area (Å²) in [5, 5.41) is 2.91. The van der Waals surface area contributed by atoms with Gasteiger partial charge in [-0.3, -0.25) is 14.5 Å². The molecule has 1 aromatic rings. The van der Waals surface area contributed by atoms with Crippen LogP contribution in [0.15, 0.2) is 18.2 Å². The van der Waals surface area contributed by atoms with E-state index in [4.69, 9.17) is 0 Å². The van der Waals surface area contributed by atoms with E-state index in [1.54, 1.807) is 19.1 Å². The van der Waals surface area contributed by atoms with E-state index in [0.717, 1.165) is 18.7 Å². The van der Waals surface area contributed by atoms with Gasteiger partial charge >= 0.3 is 0 Å². The average Bonchev–Trinajstić information content (AvgIpc) is 2.93. The maximum atomic E-state index is 14.1. The molecule has 5 nitrogen and oxygen atoms in total. The van der Waals surface area contributed by atoms with Crippen LogP contribution >= 0.6 is 0 Å². The maximum absolute atomic E-state index is 14.1. The van der Waals surface area contributed by atoms with E-state index in [-0.39, 0.29) is 30.5 Å². The zero-order chi connectivity index (χ0) is 18.6. The molecule has 1 N–H and O–H groups in total. The smallest absolute Gasteiger partial charge is 0.227 e. The van der Waals surface area contributed by atoms with Crippen molar-refractivity contribution >= 4 is 17.5 Å². The van der Waals surface area contributed by atoms with Gasteiger partial charge in [-0.15, -0.1) is 0 Å². The van der Waals surface area contributed by atoms with E-state index in [0.29, 0.717) is 12.6 Å². The van der Waals surface area contributed by atoms with Gasteiger partial charge in [-0.25, -0.2) is 4.39 Å². The number of aryl methyl sites for hydroxylation is 1. The summed E-state index contributed by atoms with van der Waals surface area (Å²) in [4.78, 5) is 28.2. The number of hydrogen-bond donors (Lipinski definition) is 1. The lowest BCUT2D eigenvalue weighted by Gasteiger charge is -2.25. The van der Waals surface area contributed by atoms with Crippen LogP contribution < -0.4 is 10.2 Å². The van der Waals surface area contributed by atoms with Crippen molar-refractivity contribution < 1.29 is 14.0 Å². The molecule has 1 fully saturated rings. The Morgan fingerprint density at radius 3 is 2.76 bits per heavy atom. The monoisotopic (exact) mass is 349 g/mol. The molecular formula is C19H28FN3O2. The first kappa shape index (κ1) is 19.4. The molecular weight excluding hydrogens is 321 g/mol. The molecule has 0 saturated carbocycles. The minimum absolute atomic E-state index is 0.126. The molecule has 1 unspecified atom stereocenters. The van der Waals surface area contributed by atoms with Crippen molar-refractivity contribution in [2.75, 3.05) is 31.1 Å². The Bertz CT molecular complexity index is 633. The van der Waals surface area contributed by atoms with Crippen LogP contribution in [0.5, 0.6) is 0 Å². The summed E-state index contributed by atoms with van der Waals surface area (Å²) in [5.74, 6) is -1.20. The average molecular weight is 349 g/mol. The lowest BCUT2D eigenvalue weighted by atomic mass is 10.1. The van der Waals surface area contributed by atoms with Gasteiger partial charge in [0.05, 0.1) is 11.6 Å². The third kappa shape index (κ3) is 4.78. The quantitative estimate of drug-likeness (QED) is 0.822. The number of likely N-dealkylation sites (N-methyl/N-ethyl adjacent to an activating group) is 1. The minimum atomic E-state index is -0.428. The normalized spacial score (nSPS) is 17.6. The Morgan fingerprint density at radius 2 is 2.16 bits per heavy atom. The molecule has 6 heteroatoms. The van der Waals surface area contributed by atoms with E-state index in [1.165, 1.54) is 11.0 Å². The van der Waals surface area contributed by atoms with Crippen LogP contribution in [0.2, 0.25) is 0 Å². The van der Waals surface area contributed by atoms with Gasteiger partial charge in [-0.05, 0) is 45.0 Å². The molecule has 2 rings (SSSR count). The van der Waals surface area contributed by atoms with Gasteiger partial charge in [0.1, 0.15) is 5.82 Å². The zero-order valence-corrected chi connectivity index (χ0v) is 15.5. The number of halogens is 1. The summed E-state index contributed by atoms with van der Waals surface area (Å²) in [6.07, 6.45) is 0.126. The summed E-state index contributed by atoms with van der Waals surface area (Å²) in [6.45, 7) is 10.6. The van der Waals surface area contributed by atoms with Crippen LogP contribution in [-0.4, -0.2) is 48.9 Å². The number of nitrogens with one attached hydrogen (secondary N) is 1. The second kappa shape index (κ2) is 8.43. The molecule has 0 aliphatic carbocycles. The molecule has 138 valence electrons. The fourth-order valence-electron chi connectivity index (χ4n) is 3.20. The highest BCUT2D eigenvalue weighted by atomic mass is 19.1. The molecule has 1 aliphatic heterocycles. The summed E-state index contributed by atoms with van der Waals surface area (Å²) in [7, 11) is 0. The Kier molecular flexibility index (Phi) is 6.53. The van der Waals surface area contributed by atoms with Crippen LogP contribution in [0.4, 0.5) is 10.1 Å². The highest BCUT2D eigenvalue weighted by Crippen LogP contribution is 2.28. The third-order valence-electron chi connectivity index (χ3n) is 4.72. The topological polar surface area (TPSA) is 52.7 Å². The Hall–Kier alpha value is -1.95. The molecule has 1 aliphatic rings. The molecule has 1 heterocycles. The summed E-state index contributed by atoms with van der Waals surface area (Å²) < 4.78 is 14.1. The number of carbonyl (C=O) groups excluding carboxylic acids is 2. The van der Waals surface area contributed by atoms with Crippen molar-refractivity contribution in [3.8, 4) is 0 Å². The van der Waals surface area contributed by atoms with Crippen LogP contribution in [0.25, 0.3) is 0 Å². The molecule has 1 atom stereocenters. The fraction of sp³-hybridized carbons (Fsp3) is 0.579. The van der Waals surface area contributed by atoms with Gasteiger partial charge in [0, 0.05) is 32.1 Å². The minimum Gasteiger partial charge on any atom is -0.355 e. The van der Waals surface area contributed by atoms with Crippen molar-refractivity contribution in [2.24, 2.45) is 5.92 Å². The fourth-order valence-corrected chi connectivity index (χ4v) is 3.20. The van der Waals surface area contributed by atoms with Crippen LogP contribution in [-0.2, 0) is 9.59 Å². The second-order valence-corrected chi connectivity index (χ2v) is 6.87. The van der Waals surface area contributed by atoms with Crippen LogP contribution in [0.3, 0.4) is 0 Å². The molecule has 1 saturated heterocycles. The van der Waals surface area contributed by atoms with Gasteiger partial charge in [0.15, 0.2) is 0 Å². The van der Waals surface area contributed by atoms with Crippen molar-refractivity contribution in [3.63, 3.8) is 0 Å². The van der Waals surface area contributed by atoms with Gasteiger partial charge in [-0.2, -0.15) is 0 Å². The molecule has 0 aromatic heterocycles. The molecule has 0 bridgehead atoms. The number of anilines is 1. The van der Waals surface area contributed by atoms with Crippen molar-refractivity contribution in [1.82, 2.24) is 10.2 Å². The number of benzene rings is 1. The summed E-state index contributed by atoms with van der Waals surface area (Å²) in [5.41, 5.74) is 1.05. The van der Waals surface area contributed by atoms with E-state index in [9.17, 15) is 14.0 Å². The SMILES string of the molecule is CCN(CCNC(=O)C1CC(=O)N(c2ccc(C)cc2F)C1)C(C)C. The van der Waals surface area contributed by atoms with Crippen molar-refractivity contribution in [2.45, 2.75) is 40.2 Å². The second-order valence-electron chi connectivity index (χ2n) is 6.87. The van der Waals surface area contributed by atoms with E-state index >= 15 is 0 Å². The highest BCUT2D eigenvalue weighted by Gasteiger charge is 2.36. The van der Waals surface area contributed by atoms with Gasteiger partial charge in [0.25, 0.3) is 0 Å². The summed E-state index contributed by atoms with van der Waals surface area (Å²) in [6, 6.07) is 5.20. The molecule has 0 radical (unpaired) electrons. The van der Waals surface area contributed by atoms with E-state index < -0.39 is 11.7 Å². The van der Waals surface area contributed by atoms with Crippen LogP contribution in [0.1, 0.15) is 32.8 Å². The number of amides is 2. The summed E-state index contributed by atoms with van der Waals surface area (Å²) >= 11 is 0. The van der Waals surface area contributed by atoms with Gasteiger partial charge in [0.2, 0.25) is 11.8 Å². The molecule has 0 spiro atoms. The Balaban J connectivity index is 1.92. The number of hydrogen-bond acceptors (Lipinski definition) is 3. The first-order valence-electron chi connectivity index (χ1n) is 8.91. The van der Waals surface area contributed by atoms with E-state index in [1.807, 2.05) is 0 Å². The largest absolute Gasteiger partial charge is 0.355 e. The first-order valence-corrected chi connectivity index (χ1v) is 8.91. The number of carbonyl (C=O) groups is 2. The van der Waals surface area contributed by atoms with Crippen molar-refractivity contribution in [1.29, 1.82) is 0 Å².